The van der Waals surface area contributed by atoms with Crippen LogP contribution in [0.15, 0.2) is 0 Å². The minimum atomic E-state index is -0.154. The van der Waals surface area contributed by atoms with Crippen molar-refractivity contribution in [1.82, 2.24) is 9.88 Å². The summed E-state index contributed by atoms with van der Waals surface area (Å²) in [7, 11) is 0. The number of carbonyl (C=O) groups is 1. The summed E-state index contributed by atoms with van der Waals surface area (Å²) < 4.78 is 6.66. The quantitative estimate of drug-likeness (QED) is 0.787. The van der Waals surface area contributed by atoms with Crippen LogP contribution in [0.25, 0.3) is 0 Å². The number of amides is 1. The van der Waals surface area contributed by atoms with Gasteiger partial charge >= 0.3 is 0 Å². The van der Waals surface area contributed by atoms with E-state index in [1.54, 1.807) is 0 Å². The molecule has 1 aliphatic heterocycles. The van der Waals surface area contributed by atoms with Crippen molar-refractivity contribution >= 4 is 40.4 Å². The van der Waals surface area contributed by atoms with Gasteiger partial charge in [-0.1, -0.05) is 53.8 Å². The number of thiazole rings is 1. The first-order chi connectivity index (χ1) is 9.60. The van der Waals surface area contributed by atoms with Gasteiger partial charge in [0, 0.05) is 6.54 Å². The maximum atomic E-state index is 12.5. The number of carbonyl (C=O) groups excluding carboxylic acids is 1. The molecule has 110 valence electrons. The first kappa shape index (κ1) is 14.6. The summed E-state index contributed by atoms with van der Waals surface area (Å²) in [5.41, 5.74) is 0.118. The number of hydrogen-bond acceptors (Lipinski definition) is 4. The average Bonchev–Trinajstić information content (AvgIpc) is 2.78. The molecule has 2 aliphatic rings. The lowest BCUT2D eigenvalue weighted by Gasteiger charge is -2.44. The van der Waals surface area contributed by atoms with Gasteiger partial charge in [0.1, 0.15) is 4.34 Å². The molecule has 1 spiro atoms. The zero-order valence-electron chi connectivity index (χ0n) is 11.0. The Balaban J connectivity index is 1.76. The molecule has 0 N–H and O–H groups in total. The summed E-state index contributed by atoms with van der Waals surface area (Å²) >= 11 is 13.0. The van der Waals surface area contributed by atoms with Crippen LogP contribution >= 0.6 is 34.5 Å². The van der Waals surface area contributed by atoms with Gasteiger partial charge in [0.2, 0.25) is 0 Å². The number of halogens is 2. The lowest BCUT2D eigenvalue weighted by molar-refractivity contribution is -0.117. The second kappa shape index (κ2) is 5.79. The topological polar surface area (TPSA) is 42.4 Å². The standard InChI is InChI=1S/C13H16Cl2N2O2S/c14-10-9(16-12(15)20-10)11(18)17-6-7-19-13(8-17)4-2-1-3-5-13/h1-8H2. The van der Waals surface area contributed by atoms with Crippen molar-refractivity contribution in [3.63, 3.8) is 0 Å². The third-order valence-corrected chi connectivity index (χ3v) is 5.42. The van der Waals surface area contributed by atoms with Crippen molar-refractivity contribution in [3.8, 4) is 0 Å². The number of ether oxygens (including phenoxy) is 1. The smallest absolute Gasteiger partial charge is 0.275 e. The fraction of sp³-hybridized carbons (Fsp3) is 0.692. The van der Waals surface area contributed by atoms with Gasteiger partial charge in [0.25, 0.3) is 5.91 Å². The van der Waals surface area contributed by atoms with Gasteiger partial charge in [-0.25, -0.2) is 4.98 Å². The molecule has 1 saturated heterocycles. The van der Waals surface area contributed by atoms with Crippen LogP contribution in [-0.4, -0.2) is 41.1 Å². The summed E-state index contributed by atoms with van der Waals surface area (Å²) in [4.78, 5) is 18.4. The van der Waals surface area contributed by atoms with Crippen LogP contribution in [0, 0.1) is 0 Å². The largest absolute Gasteiger partial charge is 0.371 e. The number of morpholine rings is 1. The molecule has 3 rings (SSSR count). The second-order valence-corrected chi connectivity index (χ2v) is 7.59. The van der Waals surface area contributed by atoms with Crippen molar-refractivity contribution in [1.29, 1.82) is 0 Å². The molecule has 1 saturated carbocycles. The van der Waals surface area contributed by atoms with E-state index < -0.39 is 0 Å². The number of nitrogens with zero attached hydrogens (tertiary/aromatic N) is 2. The molecule has 1 aromatic rings. The Morgan fingerprint density at radius 2 is 2.05 bits per heavy atom. The van der Waals surface area contributed by atoms with E-state index in [1.165, 1.54) is 19.3 Å². The van der Waals surface area contributed by atoms with Crippen LogP contribution < -0.4 is 0 Å². The van der Waals surface area contributed by atoms with Gasteiger partial charge in [0.15, 0.2) is 10.2 Å². The Hall–Kier alpha value is -0.360. The third-order valence-electron chi connectivity index (χ3n) is 4.06. The summed E-state index contributed by atoms with van der Waals surface area (Å²) in [5, 5.41) is 0. The highest BCUT2D eigenvalue weighted by Crippen LogP contribution is 2.35. The predicted octanol–water partition coefficient (Wildman–Crippen LogP) is 3.63. The van der Waals surface area contributed by atoms with Gasteiger partial charge in [-0.2, -0.15) is 0 Å². The zero-order chi connectivity index (χ0) is 14.2. The van der Waals surface area contributed by atoms with E-state index in [4.69, 9.17) is 27.9 Å². The van der Waals surface area contributed by atoms with Gasteiger partial charge in [-0.05, 0) is 12.8 Å². The molecule has 0 atom stereocenters. The highest BCUT2D eigenvalue weighted by molar-refractivity contribution is 7.19. The van der Waals surface area contributed by atoms with E-state index in [-0.39, 0.29) is 17.2 Å². The highest BCUT2D eigenvalue weighted by atomic mass is 35.5. The lowest BCUT2D eigenvalue weighted by atomic mass is 9.83. The summed E-state index contributed by atoms with van der Waals surface area (Å²) in [6.45, 7) is 1.81. The molecule has 0 bridgehead atoms. The SMILES string of the molecule is O=C(c1nc(Cl)sc1Cl)N1CCOC2(CCCCC2)C1. The summed E-state index contributed by atoms with van der Waals surface area (Å²) in [6.07, 6.45) is 5.66. The van der Waals surface area contributed by atoms with E-state index in [0.717, 1.165) is 24.2 Å². The van der Waals surface area contributed by atoms with Crippen LogP contribution in [0.3, 0.4) is 0 Å². The molecule has 1 amide bonds. The molecule has 7 heteroatoms. The summed E-state index contributed by atoms with van der Waals surface area (Å²) in [5.74, 6) is -0.133. The van der Waals surface area contributed by atoms with Crippen LogP contribution in [0.5, 0.6) is 0 Å². The fourth-order valence-corrected chi connectivity index (χ4v) is 4.37. The van der Waals surface area contributed by atoms with E-state index >= 15 is 0 Å². The van der Waals surface area contributed by atoms with Gasteiger partial charge < -0.3 is 9.64 Å². The van der Waals surface area contributed by atoms with E-state index in [1.807, 2.05) is 4.90 Å². The molecule has 0 unspecified atom stereocenters. The zero-order valence-corrected chi connectivity index (χ0v) is 13.4. The Kier molecular flexibility index (Phi) is 4.22. The van der Waals surface area contributed by atoms with E-state index in [2.05, 4.69) is 4.98 Å². The molecule has 2 heterocycles. The third kappa shape index (κ3) is 2.82. The molecule has 2 fully saturated rings. The molecule has 1 aliphatic carbocycles. The Bertz CT molecular complexity index is 509. The van der Waals surface area contributed by atoms with Crippen molar-refractivity contribution < 1.29 is 9.53 Å². The molecule has 20 heavy (non-hydrogen) atoms. The molecule has 4 nitrogen and oxygen atoms in total. The first-order valence-electron chi connectivity index (χ1n) is 6.85. The molecule has 0 radical (unpaired) electrons. The Morgan fingerprint density at radius 3 is 2.70 bits per heavy atom. The number of rotatable bonds is 1. The Labute approximate surface area is 132 Å². The number of hydrogen-bond donors (Lipinski definition) is 0. The van der Waals surface area contributed by atoms with Gasteiger partial charge in [0.05, 0.1) is 18.8 Å². The van der Waals surface area contributed by atoms with E-state index in [0.29, 0.717) is 28.5 Å². The van der Waals surface area contributed by atoms with Crippen molar-refractivity contribution in [2.24, 2.45) is 0 Å². The van der Waals surface area contributed by atoms with Crippen LogP contribution in [0.1, 0.15) is 42.6 Å². The van der Waals surface area contributed by atoms with Gasteiger partial charge in [-0.3, -0.25) is 4.79 Å². The molecule has 1 aromatic heterocycles. The minimum absolute atomic E-state index is 0.133. The molecular formula is C13H16Cl2N2O2S. The average molecular weight is 335 g/mol. The van der Waals surface area contributed by atoms with Crippen LogP contribution in [0.2, 0.25) is 8.80 Å². The summed E-state index contributed by atoms with van der Waals surface area (Å²) in [6, 6.07) is 0. The maximum absolute atomic E-state index is 12.5. The van der Waals surface area contributed by atoms with Crippen LogP contribution in [-0.2, 0) is 4.74 Å². The second-order valence-electron chi connectivity index (χ2n) is 5.41. The molecular weight excluding hydrogens is 319 g/mol. The van der Waals surface area contributed by atoms with Crippen molar-refractivity contribution in [3.05, 3.63) is 14.5 Å². The van der Waals surface area contributed by atoms with Gasteiger partial charge in [-0.15, -0.1) is 0 Å². The monoisotopic (exact) mass is 334 g/mol. The maximum Gasteiger partial charge on any atom is 0.275 e. The van der Waals surface area contributed by atoms with Crippen molar-refractivity contribution in [2.75, 3.05) is 19.7 Å². The highest BCUT2D eigenvalue weighted by Gasteiger charge is 2.40. The van der Waals surface area contributed by atoms with Crippen LogP contribution in [0.4, 0.5) is 0 Å². The number of aromatic nitrogens is 1. The Morgan fingerprint density at radius 1 is 1.30 bits per heavy atom. The lowest BCUT2D eigenvalue weighted by Crippen LogP contribution is -2.54. The first-order valence-corrected chi connectivity index (χ1v) is 8.42. The fourth-order valence-electron chi connectivity index (χ4n) is 3.08. The minimum Gasteiger partial charge on any atom is -0.371 e. The predicted molar refractivity (Wildman–Crippen MR) is 79.8 cm³/mol. The van der Waals surface area contributed by atoms with E-state index in [9.17, 15) is 4.79 Å². The van der Waals surface area contributed by atoms with Crippen molar-refractivity contribution in [2.45, 2.75) is 37.7 Å². The normalized spacial score (nSPS) is 22.2. The molecule has 0 aromatic carbocycles.